The van der Waals surface area contributed by atoms with Gasteiger partial charge in [0.15, 0.2) is 0 Å². The molecule has 0 bridgehead atoms. The topological polar surface area (TPSA) is 0 Å². The van der Waals surface area contributed by atoms with E-state index in [2.05, 4.69) is 0 Å². The van der Waals surface area contributed by atoms with Gasteiger partial charge in [0.05, 0.1) is 0 Å². The highest BCUT2D eigenvalue weighted by molar-refractivity contribution is 6.47. The molecule has 0 N–H and O–H groups in total. The van der Waals surface area contributed by atoms with E-state index in [4.69, 9.17) is 23.2 Å². The van der Waals surface area contributed by atoms with Crippen LogP contribution in [0.1, 0.15) is 32.6 Å². The van der Waals surface area contributed by atoms with Crippen LogP contribution < -0.4 is 0 Å². The van der Waals surface area contributed by atoms with E-state index in [1.54, 1.807) is 0 Å². The molecule has 3 heteroatoms. The van der Waals surface area contributed by atoms with Crippen LogP contribution in [0.2, 0.25) is 0 Å². The second-order valence-electron chi connectivity index (χ2n) is 2.07. The van der Waals surface area contributed by atoms with Gasteiger partial charge in [-0.25, -0.2) is 4.39 Å². The summed E-state index contributed by atoms with van der Waals surface area (Å²) < 4.78 is 10.2. The monoisotopic (exact) mass is 172 g/mol. The maximum atomic E-state index is 12.2. The van der Waals surface area contributed by atoms with Crippen LogP contribution in [0.3, 0.4) is 0 Å². The maximum Gasteiger partial charge on any atom is 0.257 e. The molecule has 0 saturated heterocycles. The highest BCUT2D eigenvalue weighted by atomic mass is 35.5. The van der Waals surface area contributed by atoms with Crippen molar-refractivity contribution in [1.82, 2.24) is 0 Å². The van der Waals surface area contributed by atoms with Gasteiger partial charge in [-0.15, -0.1) is 0 Å². The summed E-state index contributed by atoms with van der Waals surface area (Å²) in [7, 11) is 0. The Balaban J connectivity index is 3.07. The average Bonchev–Trinajstić information content (AvgIpc) is 1.63. The zero-order chi connectivity index (χ0) is 7.33. The standard InChI is InChI=1S/C6H11Cl2F/c1-2-3-4-5-6(7,8)9/h2-5H2,1H3. The van der Waals surface area contributed by atoms with Crippen molar-refractivity contribution in [1.29, 1.82) is 0 Å². The fraction of sp³-hybridized carbons (Fsp3) is 1.00. The summed E-state index contributed by atoms with van der Waals surface area (Å²) in [4.78, 5) is 0. The largest absolute Gasteiger partial charge is 0.257 e. The number of rotatable bonds is 4. The Hall–Kier alpha value is 0.510. The van der Waals surface area contributed by atoms with Crippen molar-refractivity contribution in [2.45, 2.75) is 37.2 Å². The highest BCUT2D eigenvalue weighted by Crippen LogP contribution is 2.28. The van der Waals surface area contributed by atoms with E-state index in [1.807, 2.05) is 6.92 Å². The maximum absolute atomic E-state index is 12.2. The minimum absolute atomic E-state index is 0.240. The van der Waals surface area contributed by atoms with Gasteiger partial charge in [0.2, 0.25) is 0 Å². The summed E-state index contributed by atoms with van der Waals surface area (Å²) in [5.74, 6) is 0. The Bertz CT molecular complexity index is 67.9. The first-order valence-corrected chi connectivity index (χ1v) is 3.88. The van der Waals surface area contributed by atoms with Crippen LogP contribution in [0.15, 0.2) is 0 Å². The Morgan fingerprint density at radius 3 is 2.22 bits per heavy atom. The molecular weight excluding hydrogens is 162 g/mol. The van der Waals surface area contributed by atoms with Crippen LogP contribution in [-0.4, -0.2) is 4.59 Å². The molecule has 0 heterocycles. The normalized spacial score (nSPS) is 12.0. The van der Waals surface area contributed by atoms with Gasteiger partial charge in [0.25, 0.3) is 4.59 Å². The fourth-order valence-corrected chi connectivity index (χ4v) is 0.843. The molecule has 0 rings (SSSR count). The lowest BCUT2D eigenvalue weighted by Gasteiger charge is -2.06. The van der Waals surface area contributed by atoms with Gasteiger partial charge in [-0.2, -0.15) is 0 Å². The van der Waals surface area contributed by atoms with Crippen molar-refractivity contribution in [3.63, 3.8) is 0 Å². The van der Waals surface area contributed by atoms with Crippen molar-refractivity contribution in [2.75, 3.05) is 0 Å². The third-order valence-corrected chi connectivity index (χ3v) is 1.44. The van der Waals surface area contributed by atoms with Crippen molar-refractivity contribution < 1.29 is 4.39 Å². The van der Waals surface area contributed by atoms with Gasteiger partial charge in [-0.05, 0) is 6.42 Å². The molecule has 9 heavy (non-hydrogen) atoms. The Morgan fingerprint density at radius 2 is 1.89 bits per heavy atom. The van der Waals surface area contributed by atoms with E-state index in [1.165, 1.54) is 0 Å². The van der Waals surface area contributed by atoms with E-state index < -0.39 is 4.59 Å². The molecule has 0 aliphatic heterocycles. The Kier molecular flexibility index (Phi) is 4.59. The molecule has 0 aromatic carbocycles. The average molecular weight is 173 g/mol. The first-order valence-electron chi connectivity index (χ1n) is 3.13. The molecule has 0 spiro atoms. The minimum atomic E-state index is -2.00. The van der Waals surface area contributed by atoms with Crippen LogP contribution in [0.25, 0.3) is 0 Å². The van der Waals surface area contributed by atoms with E-state index in [-0.39, 0.29) is 6.42 Å². The summed E-state index contributed by atoms with van der Waals surface area (Å²) in [6, 6.07) is 0. The predicted octanol–water partition coefficient (Wildman–Crippen LogP) is 3.67. The lowest BCUT2D eigenvalue weighted by atomic mass is 10.2. The van der Waals surface area contributed by atoms with Crippen molar-refractivity contribution in [3.05, 3.63) is 0 Å². The van der Waals surface area contributed by atoms with E-state index in [0.717, 1.165) is 19.3 Å². The van der Waals surface area contributed by atoms with E-state index in [9.17, 15) is 4.39 Å². The molecule has 0 nitrogen and oxygen atoms in total. The zero-order valence-electron chi connectivity index (χ0n) is 5.46. The van der Waals surface area contributed by atoms with Gasteiger partial charge in [0, 0.05) is 6.42 Å². The smallest absolute Gasteiger partial charge is 0.208 e. The highest BCUT2D eigenvalue weighted by Gasteiger charge is 2.20. The van der Waals surface area contributed by atoms with Gasteiger partial charge < -0.3 is 0 Å². The van der Waals surface area contributed by atoms with Crippen LogP contribution in [0.4, 0.5) is 4.39 Å². The Morgan fingerprint density at radius 1 is 1.33 bits per heavy atom. The van der Waals surface area contributed by atoms with Gasteiger partial charge in [0.1, 0.15) is 0 Å². The molecule has 0 aromatic heterocycles. The molecule has 0 aliphatic carbocycles. The lowest BCUT2D eigenvalue weighted by molar-refractivity contribution is 0.359. The molecule has 0 fully saturated rings. The van der Waals surface area contributed by atoms with Crippen molar-refractivity contribution in [2.24, 2.45) is 0 Å². The summed E-state index contributed by atoms with van der Waals surface area (Å²) in [5, 5.41) is 0. The quantitative estimate of drug-likeness (QED) is 0.449. The second kappa shape index (κ2) is 4.35. The summed E-state index contributed by atoms with van der Waals surface area (Å²) in [6.45, 7) is 2.04. The number of unbranched alkanes of at least 4 members (excludes halogenated alkanes) is 2. The molecule has 0 unspecified atom stereocenters. The van der Waals surface area contributed by atoms with Gasteiger partial charge >= 0.3 is 0 Å². The molecule has 0 aromatic rings. The Labute approximate surface area is 65.3 Å². The number of hydrogen-bond acceptors (Lipinski definition) is 0. The molecular formula is C6H11Cl2F. The van der Waals surface area contributed by atoms with Crippen LogP contribution >= 0.6 is 23.2 Å². The van der Waals surface area contributed by atoms with Gasteiger partial charge in [-0.1, -0.05) is 43.0 Å². The minimum Gasteiger partial charge on any atom is -0.208 e. The summed E-state index contributed by atoms with van der Waals surface area (Å²) >= 11 is 10.1. The number of halogens is 3. The predicted molar refractivity (Wildman–Crippen MR) is 39.7 cm³/mol. The van der Waals surface area contributed by atoms with Crippen LogP contribution in [0, 0.1) is 0 Å². The third-order valence-electron chi connectivity index (χ3n) is 1.06. The first kappa shape index (κ1) is 9.51. The van der Waals surface area contributed by atoms with E-state index in [0.29, 0.717) is 0 Å². The van der Waals surface area contributed by atoms with Gasteiger partial charge in [-0.3, -0.25) is 0 Å². The van der Waals surface area contributed by atoms with Crippen LogP contribution in [-0.2, 0) is 0 Å². The molecule has 0 radical (unpaired) electrons. The third kappa shape index (κ3) is 8.51. The SMILES string of the molecule is CCCCCC(F)(Cl)Cl. The molecule has 0 atom stereocenters. The summed E-state index contributed by atoms with van der Waals surface area (Å²) in [5.41, 5.74) is 0. The fourth-order valence-electron chi connectivity index (χ4n) is 0.575. The molecule has 0 amide bonds. The number of alkyl halides is 3. The number of hydrogen-bond donors (Lipinski definition) is 0. The van der Waals surface area contributed by atoms with Crippen molar-refractivity contribution in [3.8, 4) is 0 Å². The first-order chi connectivity index (χ1) is 4.06. The lowest BCUT2D eigenvalue weighted by Crippen LogP contribution is -2.02. The zero-order valence-corrected chi connectivity index (χ0v) is 6.97. The van der Waals surface area contributed by atoms with Crippen LogP contribution in [0.5, 0.6) is 0 Å². The van der Waals surface area contributed by atoms with E-state index >= 15 is 0 Å². The van der Waals surface area contributed by atoms with Crippen molar-refractivity contribution >= 4 is 23.2 Å². The molecule has 0 aliphatic rings. The second-order valence-corrected chi connectivity index (χ2v) is 3.46. The summed E-state index contributed by atoms with van der Waals surface area (Å²) in [6.07, 6.45) is 3.05. The molecule has 0 saturated carbocycles. The molecule has 56 valence electrons.